The number of aliphatic imine (C=N–C) groups is 1. The van der Waals surface area contributed by atoms with Crippen LogP contribution in [0.4, 0.5) is 18.9 Å². The third-order valence-corrected chi connectivity index (χ3v) is 6.84. The molecule has 1 N–H and O–H groups in total. The van der Waals surface area contributed by atoms with Gasteiger partial charge in [0, 0.05) is 48.1 Å². The molecule has 1 aromatic carbocycles. The summed E-state index contributed by atoms with van der Waals surface area (Å²) in [6.45, 7) is 7.24. The minimum Gasteiger partial charge on any atom is -0.406 e. The van der Waals surface area contributed by atoms with Gasteiger partial charge in [0.2, 0.25) is 0 Å². The molecular weight excluding hydrogens is 525 g/mol. The number of amides is 1. The van der Waals surface area contributed by atoms with Crippen molar-refractivity contribution in [2.45, 2.75) is 51.2 Å². The lowest BCUT2D eigenvalue weighted by Gasteiger charge is -2.31. The Morgan fingerprint density at radius 3 is 2.43 bits per heavy atom. The lowest BCUT2D eigenvalue weighted by atomic mass is 10.1. The van der Waals surface area contributed by atoms with Gasteiger partial charge in [0.25, 0.3) is 5.91 Å². The number of likely N-dealkylation sites (N-methyl/N-ethyl adjacent to an activating group) is 1. The van der Waals surface area contributed by atoms with Gasteiger partial charge in [-0.15, -0.1) is 13.2 Å². The fourth-order valence-electron chi connectivity index (χ4n) is 3.73. The summed E-state index contributed by atoms with van der Waals surface area (Å²) in [5.74, 6) is 0.280. The summed E-state index contributed by atoms with van der Waals surface area (Å²) in [5.41, 5.74) is 3.66. The van der Waals surface area contributed by atoms with Gasteiger partial charge in [-0.3, -0.25) is 4.79 Å². The Hall–Kier alpha value is -2.75. The third-order valence-electron chi connectivity index (χ3n) is 5.92. The van der Waals surface area contributed by atoms with Crippen LogP contribution in [-0.2, 0) is 4.79 Å². The van der Waals surface area contributed by atoms with Gasteiger partial charge in [-0.1, -0.05) is 28.4 Å². The highest BCUT2D eigenvalue weighted by molar-refractivity contribution is 9.09. The number of amidine groups is 1. The van der Waals surface area contributed by atoms with Crippen molar-refractivity contribution < 1.29 is 22.7 Å². The number of carbonyl (C=O) groups excluding carboxylic acids is 1. The van der Waals surface area contributed by atoms with Gasteiger partial charge in [-0.2, -0.15) is 0 Å². The molecule has 1 amide bonds. The average molecular weight is 555 g/mol. The van der Waals surface area contributed by atoms with E-state index in [1.165, 1.54) is 24.3 Å². The zero-order valence-corrected chi connectivity index (χ0v) is 21.8. The molecule has 2 heterocycles. The number of allylic oxidation sites excluding steroid dienone is 2. The molecule has 2 aliphatic heterocycles. The molecule has 6 nitrogen and oxygen atoms in total. The minimum absolute atomic E-state index is 0.0488. The maximum Gasteiger partial charge on any atom is 0.573 e. The van der Waals surface area contributed by atoms with E-state index in [4.69, 9.17) is 0 Å². The molecule has 1 aromatic rings. The molecule has 35 heavy (non-hydrogen) atoms. The molecule has 0 spiro atoms. The fourth-order valence-corrected chi connectivity index (χ4v) is 4.14. The normalized spacial score (nSPS) is 20.3. The SMILES string of the molecule is CC/C(C)=C/N=C1\C(=C(/C)Nc2ccc(OC(F)(F)F)cc2)C=C(C(=O)N2CCC(Br)CC2)N1C. The van der Waals surface area contributed by atoms with Crippen LogP contribution in [0.3, 0.4) is 0 Å². The van der Waals surface area contributed by atoms with E-state index in [2.05, 4.69) is 31.0 Å². The zero-order chi connectivity index (χ0) is 25.8. The highest BCUT2D eigenvalue weighted by Gasteiger charge is 2.33. The monoisotopic (exact) mass is 554 g/mol. The second kappa shape index (κ2) is 11.3. The van der Waals surface area contributed by atoms with E-state index >= 15 is 0 Å². The van der Waals surface area contributed by atoms with E-state index in [1.807, 2.05) is 38.8 Å². The van der Waals surface area contributed by atoms with Gasteiger partial charge in [0.05, 0.1) is 0 Å². The van der Waals surface area contributed by atoms with Crippen LogP contribution in [0.1, 0.15) is 40.0 Å². The van der Waals surface area contributed by atoms with E-state index in [0.29, 0.717) is 40.8 Å². The number of nitrogens with zero attached hydrogens (tertiary/aromatic N) is 3. The summed E-state index contributed by atoms with van der Waals surface area (Å²) in [5, 5.41) is 3.21. The third kappa shape index (κ3) is 7.13. The van der Waals surface area contributed by atoms with Crippen LogP contribution in [0, 0.1) is 0 Å². The number of ether oxygens (including phenoxy) is 1. The fraction of sp³-hybridized carbons (Fsp3) is 0.440. The van der Waals surface area contributed by atoms with E-state index in [1.54, 1.807) is 11.1 Å². The number of likely N-dealkylation sites (tertiary alicyclic amines) is 1. The number of hydrogen-bond acceptors (Lipinski definition) is 4. The summed E-state index contributed by atoms with van der Waals surface area (Å²) in [7, 11) is 1.82. The van der Waals surface area contributed by atoms with Crippen LogP contribution in [-0.4, -0.2) is 52.9 Å². The van der Waals surface area contributed by atoms with Gasteiger partial charge < -0.3 is 19.9 Å². The first-order valence-corrected chi connectivity index (χ1v) is 12.4. The van der Waals surface area contributed by atoms with Crippen molar-refractivity contribution in [3.05, 3.63) is 59.1 Å². The molecule has 1 saturated heterocycles. The molecule has 10 heteroatoms. The maximum absolute atomic E-state index is 13.3. The number of anilines is 1. The highest BCUT2D eigenvalue weighted by atomic mass is 79.9. The molecule has 0 radical (unpaired) electrons. The summed E-state index contributed by atoms with van der Waals surface area (Å²) >= 11 is 3.62. The van der Waals surface area contributed by atoms with Crippen LogP contribution in [0.2, 0.25) is 0 Å². The first-order valence-electron chi connectivity index (χ1n) is 11.4. The Kier molecular flexibility index (Phi) is 8.69. The van der Waals surface area contributed by atoms with Crippen molar-refractivity contribution in [3.8, 4) is 5.75 Å². The van der Waals surface area contributed by atoms with E-state index in [9.17, 15) is 18.0 Å². The number of rotatable bonds is 6. The van der Waals surface area contributed by atoms with E-state index < -0.39 is 6.36 Å². The van der Waals surface area contributed by atoms with E-state index in [-0.39, 0.29) is 11.7 Å². The van der Waals surface area contributed by atoms with Crippen LogP contribution < -0.4 is 10.1 Å². The smallest absolute Gasteiger partial charge is 0.406 e. The quantitative estimate of drug-likeness (QED) is 0.425. The molecule has 0 saturated carbocycles. The highest BCUT2D eigenvalue weighted by Crippen LogP contribution is 2.29. The molecule has 1 fully saturated rings. The van der Waals surface area contributed by atoms with Crippen LogP contribution in [0.25, 0.3) is 0 Å². The number of carbonyl (C=O) groups is 1. The first-order chi connectivity index (χ1) is 16.5. The Morgan fingerprint density at radius 1 is 1.23 bits per heavy atom. The molecule has 0 atom stereocenters. The predicted molar refractivity (Wildman–Crippen MR) is 135 cm³/mol. The van der Waals surface area contributed by atoms with Crippen molar-refractivity contribution >= 4 is 33.4 Å². The molecule has 3 rings (SSSR count). The Balaban J connectivity index is 1.90. The zero-order valence-electron chi connectivity index (χ0n) is 20.2. The molecular formula is C25H30BrF3N4O2. The van der Waals surface area contributed by atoms with Gasteiger partial charge in [-0.05, 0) is 63.5 Å². The number of alkyl halides is 4. The van der Waals surface area contributed by atoms with Crippen molar-refractivity contribution in [2.75, 3.05) is 25.5 Å². The van der Waals surface area contributed by atoms with Crippen LogP contribution >= 0.6 is 15.9 Å². The largest absolute Gasteiger partial charge is 0.573 e. The van der Waals surface area contributed by atoms with Gasteiger partial charge in [0.1, 0.15) is 17.3 Å². The predicted octanol–water partition coefficient (Wildman–Crippen LogP) is 6.20. The standard InChI is InChI=1S/C25H30BrF3N4O2/c1-5-16(2)15-30-23-21(14-22(32(23)4)24(34)33-12-10-18(26)11-13-33)17(3)31-19-6-8-20(9-7-19)35-25(27,28)29/h6-9,14-15,18,31H,5,10-13H2,1-4H3/b16-15+,21-17+,30-23+. The molecule has 0 bridgehead atoms. The summed E-state index contributed by atoms with van der Waals surface area (Å²) < 4.78 is 41.3. The first kappa shape index (κ1) is 26.8. The van der Waals surface area contributed by atoms with Crippen molar-refractivity contribution in [1.82, 2.24) is 9.80 Å². The van der Waals surface area contributed by atoms with Crippen molar-refractivity contribution in [2.24, 2.45) is 4.99 Å². The Morgan fingerprint density at radius 2 is 1.86 bits per heavy atom. The molecule has 2 aliphatic rings. The number of halogens is 4. The van der Waals surface area contributed by atoms with Gasteiger partial charge in [-0.25, -0.2) is 4.99 Å². The minimum atomic E-state index is -4.74. The average Bonchev–Trinajstić information content (AvgIpc) is 3.14. The van der Waals surface area contributed by atoms with Crippen LogP contribution in [0.15, 0.2) is 64.1 Å². The van der Waals surface area contributed by atoms with E-state index in [0.717, 1.165) is 30.4 Å². The van der Waals surface area contributed by atoms with Gasteiger partial charge in [0.15, 0.2) is 0 Å². The van der Waals surface area contributed by atoms with Crippen molar-refractivity contribution in [1.29, 1.82) is 0 Å². The summed E-state index contributed by atoms with van der Waals surface area (Å²) in [6.07, 6.45) is 1.52. The Bertz CT molecular complexity index is 1050. The van der Waals surface area contributed by atoms with Crippen LogP contribution in [0.5, 0.6) is 5.75 Å². The lowest BCUT2D eigenvalue weighted by molar-refractivity contribution is -0.274. The second-order valence-corrected chi connectivity index (χ2v) is 9.87. The Labute approximate surface area is 212 Å². The topological polar surface area (TPSA) is 57.2 Å². The number of piperidine rings is 1. The number of hydrogen-bond donors (Lipinski definition) is 1. The molecule has 0 aliphatic carbocycles. The maximum atomic E-state index is 13.3. The number of benzene rings is 1. The van der Waals surface area contributed by atoms with Crippen molar-refractivity contribution in [3.63, 3.8) is 0 Å². The summed E-state index contributed by atoms with van der Waals surface area (Å²) in [6, 6.07) is 5.49. The summed E-state index contributed by atoms with van der Waals surface area (Å²) in [4.78, 5) is 22.1. The second-order valence-electron chi connectivity index (χ2n) is 8.57. The lowest BCUT2D eigenvalue weighted by Crippen LogP contribution is -2.42. The van der Waals surface area contributed by atoms with Gasteiger partial charge >= 0.3 is 6.36 Å². The molecule has 190 valence electrons. The number of nitrogens with one attached hydrogen (secondary N) is 1. The molecule has 0 aromatic heterocycles. The molecule has 0 unspecified atom stereocenters.